The van der Waals surface area contributed by atoms with Crippen molar-refractivity contribution in [2.24, 2.45) is 7.05 Å². The van der Waals surface area contributed by atoms with Crippen LogP contribution < -0.4 is 11.1 Å². The number of nitrogen functional groups attached to an aromatic ring is 1. The second-order valence-corrected chi connectivity index (χ2v) is 5.04. The van der Waals surface area contributed by atoms with Crippen LogP contribution in [-0.2, 0) is 24.8 Å². The molecule has 1 aromatic heterocycles. The van der Waals surface area contributed by atoms with Gasteiger partial charge in [-0.25, -0.2) is 0 Å². The van der Waals surface area contributed by atoms with E-state index in [9.17, 15) is 4.79 Å². The predicted molar refractivity (Wildman–Crippen MR) is 81.2 cm³/mol. The van der Waals surface area contributed by atoms with Crippen molar-refractivity contribution in [3.8, 4) is 0 Å². The molecule has 0 aliphatic carbocycles. The molecule has 1 heterocycles. The SMILES string of the molecule is Cc1ccc(CNC(=O)CCc2ccc(N)cc2)n1C. The maximum absolute atomic E-state index is 11.8. The largest absolute Gasteiger partial charge is 0.399 e. The van der Waals surface area contributed by atoms with E-state index in [0.717, 1.165) is 23.4 Å². The highest BCUT2D eigenvalue weighted by atomic mass is 16.1. The molecular formula is C16H21N3O. The summed E-state index contributed by atoms with van der Waals surface area (Å²) in [6.45, 7) is 2.62. The number of aromatic nitrogens is 1. The van der Waals surface area contributed by atoms with Crippen LogP contribution in [0.3, 0.4) is 0 Å². The van der Waals surface area contributed by atoms with Gasteiger partial charge in [0.2, 0.25) is 5.91 Å². The van der Waals surface area contributed by atoms with E-state index in [2.05, 4.69) is 16.0 Å². The number of rotatable bonds is 5. The van der Waals surface area contributed by atoms with Crippen LogP contribution in [0, 0.1) is 6.92 Å². The summed E-state index contributed by atoms with van der Waals surface area (Å²) in [7, 11) is 2.01. The highest BCUT2D eigenvalue weighted by Crippen LogP contribution is 2.08. The zero-order valence-corrected chi connectivity index (χ0v) is 12.0. The lowest BCUT2D eigenvalue weighted by Gasteiger charge is -2.08. The van der Waals surface area contributed by atoms with Gasteiger partial charge in [-0.05, 0) is 43.2 Å². The molecule has 1 amide bonds. The van der Waals surface area contributed by atoms with E-state index in [1.54, 1.807) is 0 Å². The second-order valence-electron chi connectivity index (χ2n) is 5.04. The Morgan fingerprint density at radius 2 is 1.90 bits per heavy atom. The Balaban J connectivity index is 1.78. The van der Waals surface area contributed by atoms with E-state index >= 15 is 0 Å². The Hall–Kier alpha value is -2.23. The summed E-state index contributed by atoms with van der Waals surface area (Å²) in [6.07, 6.45) is 1.23. The smallest absolute Gasteiger partial charge is 0.220 e. The molecule has 0 fully saturated rings. The Morgan fingerprint density at radius 3 is 2.50 bits per heavy atom. The summed E-state index contributed by atoms with van der Waals surface area (Å²) in [6, 6.07) is 11.7. The van der Waals surface area contributed by atoms with E-state index in [4.69, 9.17) is 5.73 Å². The molecular weight excluding hydrogens is 250 g/mol. The second kappa shape index (κ2) is 6.28. The molecule has 2 aromatic rings. The highest BCUT2D eigenvalue weighted by molar-refractivity contribution is 5.76. The maximum atomic E-state index is 11.8. The summed E-state index contributed by atoms with van der Waals surface area (Å²) in [4.78, 5) is 11.8. The van der Waals surface area contributed by atoms with Gasteiger partial charge in [0.25, 0.3) is 0 Å². The van der Waals surface area contributed by atoms with Crippen LogP contribution in [0.2, 0.25) is 0 Å². The van der Waals surface area contributed by atoms with Crippen LogP contribution in [0.1, 0.15) is 23.4 Å². The van der Waals surface area contributed by atoms with Crippen LogP contribution >= 0.6 is 0 Å². The normalized spacial score (nSPS) is 10.5. The number of nitrogens with one attached hydrogen (secondary N) is 1. The van der Waals surface area contributed by atoms with E-state index in [1.807, 2.05) is 44.3 Å². The Kier molecular flexibility index (Phi) is 4.45. The van der Waals surface area contributed by atoms with E-state index < -0.39 is 0 Å². The van der Waals surface area contributed by atoms with E-state index in [0.29, 0.717) is 13.0 Å². The number of anilines is 1. The van der Waals surface area contributed by atoms with Gasteiger partial charge in [0.1, 0.15) is 0 Å². The van der Waals surface area contributed by atoms with Crippen molar-refractivity contribution in [1.29, 1.82) is 0 Å². The average Bonchev–Trinajstić information content (AvgIpc) is 2.76. The molecule has 0 unspecified atom stereocenters. The van der Waals surface area contributed by atoms with Crippen molar-refractivity contribution in [2.45, 2.75) is 26.3 Å². The van der Waals surface area contributed by atoms with Gasteiger partial charge in [0, 0.05) is 30.5 Å². The lowest BCUT2D eigenvalue weighted by atomic mass is 10.1. The minimum atomic E-state index is 0.0701. The fraction of sp³-hybridized carbons (Fsp3) is 0.312. The lowest BCUT2D eigenvalue weighted by Crippen LogP contribution is -2.24. The number of amides is 1. The van der Waals surface area contributed by atoms with Gasteiger partial charge in [-0.1, -0.05) is 12.1 Å². The molecule has 0 spiro atoms. The third kappa shape index (κ3) is 3.63. The van der Waals surface area contributed by atoms with Gasteiger partial charge < -0.3 is 15.6 Å². The molecule has 20 heavy (non-hydrogen) atoms. The third-order valence-electron chi connectivity index (χ3n) is 3.56. The molecule has 4 nitrogen and oxygen atoms in total. The Labute approximate surface area is 119 Å². The van der Waals surface area contributed by atoms with Crippen LogP contribution in [0.5, 0.6) is 0 Å². The zero-order chi connectivity index (χ0) is 14.5. The van der Waals surface area contributed by atoms with Crippen molar-refractivity contribution >= 4 is 11.6 Å². The summed E-state index contributed by atoms with van der Waals surface area (Å²) in [5.41, 5.74) is 9.81. The van der Waals surface area contributed by atoms with Crippen molar-refractivity contribution in [2.75, 3.05) is 5.73 Å². The maximum Gasteiger partial charge on any atom is 0.220 e. The Bertz CT molecular complexity index is 584. The third-order valence-corrected chi connectivity index (χ3v) is 3.56. The molecule has 1 aromatic carbocycles. The molecule has 0 saturated heterocycles. The number of carbonyl (C=O) groups excluding carboxylic acids is 1. The molecule has 0 aliphatic rings. The quantitative estimate of drug-likeness (QED) is 0.819. The van der Waals surface area contributed by atoms with Gasteiger partial charge in [-0.15, -0.1) is 0 Å². The minimum absolute atomic E-state index is 0.0701. The first-order valence-electron chi connectivity index (χ1n) is 6.78. The molecule has 0 aliphatic heterocycles. The number of benzene rings is 1. The van der Waals surface area contributed by atoms with Crippen LogP contribution in [0.25, 0.3) is 0 Å². The van der Waals surface area contributed by atoms with E-state index in [-0.39, 0.29) is 5.91 Å². The number of hydrogen-bond acceptors (Lipinski definition) is 2. The first-order chi connectivity index (χ1) is 9.56. The van der Waals surface area contributed by atoms with E-state index in [1.165, 1.54) is 5.69 Å². The fourth-order valence-corrected chi connectivity index (χ4v) is 2.06. The van der Waals surface area contributed by atoms with Crippen molar-refractivity contribution in [3.05, 3.63) is 53.3 Å². The number of hydrogen-bond donors (Lipinski definition) is 2. The molecule has 0 atom stereocenters. The van der Waals surface area contributed by atoms with Gasteiger partial charge >= 0.3 is 0 Å². The summed E-state index contributed by atoms with van der Waals surface area (Å²) in [5.74, 6) is 0.0701. The summed E-state index contributed by atoms with van der Waals surface area (Å²) in [5, 5.41) is 2.95. The van der Waals surface area contributed by atoms with Crippen molar-refractivity contribution in [3.63, 3.8) is 0 Å². The summed E-state index contributed by atoms with van der Waals surface area (Å²) >= 11 is 0. The monoisotopic (exact) mass is 271 g/mol. The highest BCUT2D eigenvalue weighted by Gasteiger charge is 2.05. The predicted octanol–water partition coefficient (Wildman–Crippen LogP) is 2.16. The first kappa shape index (κ1) is 14.2. The van der Waals surface area contributed by atoms with Crippen molar-refractivity contribution in [1.82, 2.24) is 9.88 Å². The lowest BCUT2D eigenvalue weighted by molar-refractivity contribution is -0.121. The number of carbonyl (C=O) groups is 1. The number of aryl methyl sites for hydroxylation is 2. The average molecular weight is 271 g/mol. The zero-order valence-electron chi connectivity index (χ0n) is 12.0. The van der Waals surface area contributed by atoms with Gasteiger partial charge in [0.15, 0.2) is 0 Å². The van der Waals surface area contributed by atoms with Crippen LogP contribution in [0.15, 0.2) is 36.4 Å². The molecule has 0 bridgehead atoms. The molecule has 106 valence electrons. The van der Waals surface area contributed by atoms with Gasteiger partial charge in [-0.3, -0.25) is 4.79 Å². The molecule has 0 radical (unpaired) electrons. The molecule has 4 heteroatoms. The molecule has 0 saturated carbocycles. The fourth-order valence-electron chi connectivity index (χ4n) is 2.06. The Morgan fingerprint density at radius 1 is 1.20 bits per heavy atom. The minimum Gasteiger partial charge on any atom is -0.399 e. The molecule has 2 rings (SSSR count). The van der Waals surface area contributed by atoms with Crippen LogP contribution in [-0.4, -0.2) is 10.5 Å². The number of nitrogens with two attached hydrogens (primary N) is 1. The first-order valence-corrected chi connectivity index (χ1v) is 6.78. The standard InChI is InChI=1S/C16H21N3O/c1-12-3-9-15(19(12)2)11-18-16(20)10-6-13-4-7-14(17)8-5-13/h3-5,7-9H,6,10-11,17H2,1-2H3,(H,18,20). The topological polar surface area (TPSA) is 60.1 Å². The van der Waals surface area contributed by atoms with Crippen LogP contribution in [0.4, 0.5) is 5.69 Å². The van der Waals surface area contributed by atoms with Gasteiger partial charge in [0.05, 0.1) is 6.54 Å². The van der Waals surface area contributed by atoms with Crippen molar-refractivity contribution < 1.29 is 4.79 Å². The number of nitrogens with zero attached hydrogens (tertiary/aromatic N) is 1. The van der Waals surface area contributed by atoms with Gasteiger partial charge in [-0.2, -0.15) is 0 Å². The summed E-state index contributed by atoms with van der Waals surface area (Å²) < 4.78 is 2.08. The molecule has 3 N–H and O–H groups in total.